The molecule has 24 heavy (non-hydrogen) atoms. The lowest BCUT2D eigenvalue weighted by Crippen LogP contribution is -2.15. The molecule has 0 radical (unpaired) electrons. The summed E-state index contributed by atoms with van der Waals surface area (Å²) in [6.45, 7) is 0. The highest BCUT2D eigenvalue weighted by Gasteiger charge is 2.40. The van der Waals surface area contributed by atoms with Crippen LogP contribution in [0.3, 0.4) is 0 Å². The molecule has 1 aromatic carbocycles. The Hall–Kier alpha value is -3.03. The number of pyridine rings is 1. The van der Waals surface area contributed by atoms with Crippen molar-refractivity contribution in [1.82, 2.24) is 15.1 Å². The fraction of sp³-hybridized carbons (Fsp3) is 0.188. The third-order valence-electron chi connectivity index (χ3n) is 3.35. The minimum Gasteiger partial charge on any atom is -0.497 e. The van der Waals surface area contributed by atoms with Crippen LogP contribution in [0.25, 0.3) is 11.4 Å². The smallest absolute Gasteiger partial charge is 0.350 e. The molecule has 3 rings (SSSR count). The van der Waals surface area contributed by atoms with Gasteiger partial charge in [0.1, 0.15) is 5.75 Å². The number of alkyl halides is 2. The van der Waals surface area contributed by atoms with Gasteiger partial charge in [0.15, 0.2) is 0 Å². The van der Waals surface area contributed by atoms with Gasteiger partial charge in [0, 0.05) is 23.4 Å². The van der Waals surface area contributed by atoms with Crippen LogP contribution in [0, 0.1) is 0 Å². The summed E-state index contributed by atoms with van der Waals surface area (Å²) in [5, 5.41) is 3.60. The van der Waals surface area contributed by atoms with Crippen molar-refractivity contribution in [2.45, 2.75) is 5.92 Å². The maximum atomic E-state index is 14.5. The van der Waals surface area contributed by atoms with E-state index in [1.165, 1.54) is 44.7 Å². The second kappa shape index (κ2) is 6.23. The largest absolute Gasteiger partial charge is 0.497 e. The van der Waals surface area contributed by atoms with Crippen LogP contribution in [-0.2, 0) is 5.92 Å². The van der Waals surface area contributed by atoms with Gasteiger partial charge in [0.25, 0.3) is 0 Å². The summed E-state index contributed by atoms with van der Waals surface area (Å²) in [6, 6.07) is 8.55. The predicted molar refractivity (Wildman–Crippen MR) is 80.1 cm³/mol. The molecule has 0 bridgehead atoms. The third-order valence-corrected chi connectivity index (χ3v) is 3.35. The number of benzene rings is 1. The Morgan fingerprint density at radius 1 is 1.00 bits per heavy atom. The van der Waals surface area contributed by atoms with Crippen molar-refractivity contribution in [3.63, 3.8) is 0 Å². The minimum absolute atomic E-state index is 0.0216. The van der Waals surface area contributed by atoms with Gasteiger partial charge in [0.2, 0.25) is 11.7 Å². The van der Waals surface area contributed by atoms with Crippen LogP contribution in [0.5, 0.6) is 11.6 Å². The van der Waals surface area contributed by atoms with E-state index in [4.69, 9.17) is 14.0 Å². The van der Waals surface area contributed by atoms with Crippen molar-refractivity contribution in [3.05, 3.63) is 54.0 Å². The van der Waals surface area contributed by atoms with Gasteiger partial charge in [-0.15, -0.1) is 0 Å². The van der Waals surface area contributed by atoms with E-state index >= 15 is 0 Å². The maximum Gasteiger partial charge on any atom is 0.350 e. The molecule has 0 saturated carbocycles. The first-order valence-corrected chi connectivity index (χ1v) is 6.91. The molecule has 0 aliphatic heterocycles. The summed E-state index contributed by atoms with van der Waals surface area (Å²) < 4.78 is 43.6. The van der Waals surface area contributed by atoms with Gasteiger partial charge >= 0.3 is 11.8 Å². The van der Waals surface area contributed by atoms with Gasteiger partial charge in [-0.05, 0) is 30.3 Å². The fourth-order valence-electron chi connectivity index (χ4n) is 2.03. The Kier molecular flexibility index (Phi) is 4.11. The molecule has 6 nitrogen and oxygen atoms in total. The molecule has 3 aromatic rings. The van der Waals surface area contributed by atoms with Gasteiger partial charge in [-0.2, -0.15) is 13.8 Å². The van der Waals surface area contributed by atoms with Crippen molar-refractivity contribution < 1.29 is 22.8 Å². The van der Waals surface area contributed by atoms with Crippen LogP contribution in [0.2, 0.25) is 0 Å². The zero-order valence-corrected chi connectivity index (χ0v) is 12.9. The second-order valence-electron chi connectivity index (χ2n) is 4.82. The highest BCUT2D eigenvalue weighted by molar-refractivity contribution is 5.53. The van der Waals surface area contributed by atoms with Crippen LogP contribution in [0.15, 0.2) is 47.1 Å². The number of hydrogen-bond donors (Lipinski definition) is 0. The molecule has 0 unspecified atom stereocenters. The molecular weight excluding hydrogens is 320 g/mol. The number of hydrogen-bond acceptors (Lipinski definition) is 6. The summed E-state index contributed by atoms with van der Waals surface area (Å²) in [4.78, 5) is 7.76. The summed E-state index contributed by atoms with van der Waals surface area (Å²) in [7, 11) is 2.93. The number of nitrogens with zero attached hydrogens (tertiary/aromatic N) is 3. The highest BCUT2D eigenvalue weighted by Crippen LogP contribution is 2.36. The van der Waals surface area contributed by atoms with E-state index in [-0.39, 0.29) is 11.4 Å². The SMILES string of the molecule is COc1ccc(C(F)(F)c2nc(-c3ccc(OC)nc3)no2)cc1. The first-order valence-electron chi connectivity index (χ1n) is 6.91. The van der Waals surface area contributed by atoms with E-state index in [0.717, 1.165) is 0 Å². The van der Waals surface area contributed by atoms with Crippen LogP contribution in [-0.4, -0.2) is 29.3 Å². The lowest BCUT2D eigenvalue weighted by Gasteiger charge is -2.12. The predicted octanol–water partition coefficient (Wildman–Crippen LogP) is 3.29. The molecule has 0 fully saturated rings. The van der Waals surface area contributed by atoms with Crippen molar-refractivity contribution in [1.29, 1.82) is 0 Å². The fourth-order valence-corrected chi connectivity index (χ4v) is 2.03. The molecule has 0 aliphatic rings. The average Bonchev–Trinajstić information content (AvgIpc) is 3.13. The molecule has 124 valence electrons. The van der Waals surface area contributed by atoms with Crippen LogP contribution < -0.4 is 9.47 Å². The number of aromatic nitrogens is 3. The summed E-state index contributed by atoms with van der Waals surface area (Å²) in [5.41, 5.74) is 0.169. The highest BCUT2D eigenvalue weighted by atomic mass is 19.3. The zero-order chi connectivity index (χ0) is 17.2. The van der Waals surface area contributed by atoms with E-state index in [0.29, 0.717) is 17.2 Å². The Labute approximate surface area is 136 Å². The van der Waals surface area contributed by atoms with Crippen molar-refractivity contribution >= 4 is 0 Å². The lowest BCUT2D eigenvalue weighted by atomic mass is 10.1. The summed E-state index contributed by atoms with van der Waals surface area (Å²) in [6.07, 6.45) is 1.42. The summed E-state index contributed by atoms with van der Waals surface area (Å²) >= 11 is 0. The normalized spacial score (nSPS) is 11.3. The van der Waals surface area contributed by atoms with Crippen LogP contribution in [0.4, 0.5) is 8.78 Å². The Morgan fingerprint density at radius 3 is 2.33 bits per heavy atom. The molecule has 0 spiro atoms. The third kappa shape index (κ3) is 2.90. The van der Waals surface area contributed by atoms with Gasteiger partial charge in [-0.25, -0.2) is 4.98 Å². The van der Waals surface area contributed by atoms with E-state index in [1.54, 1.807) is 12.1 Å². The number of ether oxygens (including phenoxy) is 2. The van der Waals surface area contributed by atoms with Gasteiger partial charge in [-0.1, -0.05) is 5.16 Å². The number of rotatable bonds is 5. The lowest BCUT2D eigenvalue weighted by molar-refractivity contribution is 0.00758. The molecule has 0 N–H and O–H groups in total. The maximum absolute atomic E-state index is 14.5. The molecule has 0 saturated heterocycles. The van der Waals surface area contributed by atoms with Gasteiger partial charge in [-0.3, -0.25) is 0 Å². The van der Waals surface area contributed by atoms with E-state index in [1.807, 2.05) is 0 Å². The molecular formula is C16H13F2N3O3. The van der Waals surface area contributed by atoms with Gasteiger partial charge < -0.3 is 14.0 Å². The minimum atomic E-state index is -3.42. The Balaban J connectivity index is 1.89. The quantitative estimate of drug-likeness (QED) is 0.713. The molecule has 8 heteroatoms. The average molecular weight is 333 g/mol. The molecule has 0 aliphatic carbocycles. The summed E-state index contributed by atoms with van der Waals surface area (Å²) in [5.74, 6) is -3.32. The molecule has 2 heterocycles. The Bertz CT molecular complexity index is 817. The molecule has 0 amide bonds. The Morgan fingerprint density at radius 2 is 1.75 bits per heavy atom. The number of halogens is 2. The second-order valence-corrected chi connectivity index (χ2v) is 4.82. The van der Waals surface area contributed by atoms with Crippen molar-refractivity contribution in [3.8, 4) is 23.0 Å². The van der Waals surface area contributed by atoms with Gasteiger partial charge in [0.05, 0.1) is 14.2 Å². The van der Waals surface area contributed by atoms with E-state index < -0.39 is 11.8 Å². The van der Waals surface area contributed by atoms with Crippen LogP contribution in [0.1, 0.15) is 11.5 Å². The van der Waals surface area contributed by atoms with Crippen LogP contribution >= 0.6 is 0 Å². The van der Waals surface area contributed by atoms with Crippen molar-refractivity contribution in [2.24, 2.45) is 0 Å². The van der Waals surface area contributed by atoms with E-state index in [9.17, 15) is 8.78 Å². The molecule has 2 aromatic heterocycles. The molecule has 0 atom stereocenters. The monoisotopic (exact) mass is 333 g/mol. The standard InChI is InChI=1S/C16H13F2N3O3/c1-22-12-6-4-11(5-7-12)16(17,18)15-20-14(21-24-15)10-3-8-13(23-2)19-9-10/h3-9H,1-2H3. The first-order chi connectivity index (χ1) is 11.5. The first kappa shape index (κ1) is 15.9. The zero-order valence-electron chi connectivity index (χ0n) is 12.9. The topological polar surface area (TPSA) is 70.3 Å². The number of methoxy groups -OCH3 is 2. The van der Waals surface area contributed by atoms with E-state index in [2.05, 4.69) is 15.1 Å². The van der Waals surface area contributed by atoms with Crippen molar-refractivity contribution in [2.75, 3.05) is 14.2 Å².